The molecule has 0 saturated heterocycles. The van der Waals surface area contributed by atoms with Gasteiger partial charge in [-0.1, -0.05) is 41.9 Å². The van der Waals surface area contributed by atoms with Crippen LogP contribution in [0.25, 0.3) is 5.57 Å². The molecule has 2 aromatic rings. The topological polar surface area (TPSA) is 29.1 Å². The van der Waals surface area contributed by atoms with Crippen LogP contribution in [0.3, 0.4) is 0 Å². The molecule has 2 nitrogen and oxygen atoms in total. The summed E-state index contributed by atoms with van der Waals surface area (Å²) in [6.45, 7) is 1.56. The molecule has 0 atom stereocenters. The number of nitrogens with one attached hydrogen (secondary N) is 1. The normalized spacial score (nSPS) is 11.2. The molecule has 0 fully saturated rings. The number of ketones is 1. The second-order valence-electron chi connectivity index (χ2n) is 4.13. The van der Waals surface area contributed by atoms with Gasteiger partial charge in [0.2, 0.25) is 0 Å². The molecule has 0 saturated carbocycles. The molecule has 19 heavy (non-hydrogen) atoms. The maximum absolute atomic E-state index is 11.7. The summed E-state index contributed by atoms with van der Waals surface area (Å²) in [5.41, 5.74) is 2.44. The number of rotatable bonds is 4. The van der Waals surface area contributed by atoms with Gasteiger partial charge in [0, 0.05) is 22.5 Å². The lowest BCUT2D eigenvalue weighted by Gasteiger charge is -2.06. The molecule has 0 aliphatic carbocycles. The fourth-order valence-corrected chi connectivity index (χ4v) is 1.83. The van der Waals surface area contributed by atoms with Gasteiger partial charge in [0.05, 0.1) is 0 Å². The molecule has 0 aliphatic heterocycles. The van der Waals surface area contributed by atoms with Gasteiger partial charge < -0.3 is 5.32 Å². The highest BCUT2D eigenvalue weighted by Gasteiger charge is 2.06. The number of anilines is 1. The number of carbonyl (C=O) groups excluding carboxylic acids is 1. The number of benzene rings is 2. The molecule has 0 bridgehead atoms. The summed E-state index contributed by atoms with van der Waals surface area (Å²) in [4.78, 5) is 11.7. The van der Waals surface area contributed by atoms with Gasteiger partial charge in [0.25, 0.3) is 0 Å². The Balaban J connectivity index is 2.23. The Bertz CT molecular complexity index is 588. The summed E-state index contributed by atoms with van der Waals surface area (Å²) in [6.07, 6.45) is 1.72. The molecule has 0 aliphatic rings. The van der Waals surface area contributed by atoms with E-state index in [4.69, 9.17) is 11.6 Å². The van der Waals surface area contributed by atoms with E-state index in [1.807, 2.05) is 42.5 Å². The summed E-state index contributed by atoms with van der Waals surface area (Å²) in [5.74, 6) is 0.0210. The third-order valence-corrected chi connectivity index (χ3v) is 2.94. The van der Waals surface area contributed by atoms with Crippen molar-refractivity contribution in [2.45, 2.75) is 6.92 Å². The number of halogens is 1. The quantitative estimate of drug-likeness (QED) is 0.836. The van der Waals surface area contributed by atoms with Gasteiger partial charge in [0.1, 0.15) is 0 Å². The van der Waals surface area contributed by atoms with Gasteiger partial charge in [-0.15, -0.1) is 0 Å². The average Bonchev–Trinajstić information content (AvgIpc) is 2.42. The number of hydrogen-bond donors (Lipinski definition) is 1. The summed E-state index contributed by atoms with van der Waals surface area (Å²) >= 11 is 5.82. The third-order valence-electron chi connectivity index (χ3n) is 2.69. The standard InChI is InChI=1S/C16H14ClNO/c1-12(19)16(13-5-3-2-4-6-13)11-18-15-9-7-14(17)8-10-15/h2-11,18H,1H3/b16-11-. The van der Waals surface area contributed by atoms with Crippen LogP contribution in [0.1, 0.15) is 12.5 Å². The molecular weight excluding hydrogens is 258 g/mol. The lowest BCUT2D eigenvalue weighted by molar-refractivity contribution is -0.111. The van der Waals surface area contributed by atoms with Crippen LogP contribution in [0.5, 0.6) is 0 Å². The second kappa shape index (κ2) is 6.21. The molecule has 1 N–H and O–H groups in total. The smallest absolute Gasteiger partial charge is 0.161 e. The van der Waals surface area contributed by atoms with Gasteiger partial charge in [-0.25, -0.2) is 0 Å². The van der Waals surface area contributed by atoms with Crippen LogP contribution in [-0.4, -0.2) is 5.78 Å². The number of carbonyl (C=O) groups is 1. The Labute approximate surface area is 117 Å². The SMILES string of the molecule is CC(=O)/C(=C/Nc1ccc(Cl)cc1)c1ccccc1. The van der Waals surface area contributed by atoms with Gasteiger partial charge in [-0.3, -0.25) is 4.79 Å². The van der Waals surface area contributed by atoms with Crippen molar-refractivity contribution >= 4 is 28.6 Å². The first-order valence-electron chi connectivity index (χ1n) is 5.95. The summed E-state index contributed by atoms with van der Waals surface area (Å²) in [6, 6.07) is 16.9. The van der Waals surface area contributed by atoms with Gasteiger partial charge in [0.15, 0.2) is 5.78 Å². The molecule has 2 rings (SSSR count). The van der Waals surface area contributed by atoms with Crippen LogP contribution >= 0.6 is 11.6 Å². The highest BCUT2D eigenvalue weighted by molar-refractivity contribution is 6.30. The first-order valence-corrected chi connectivity index (χ1v) is 6.33. The van der Waals surface area contributed by atoms with Crippen molar-refractivity contribution in [3.63, 3.8) is 0 Å². The molecular formula is C16H14ClNO. The van der Waals surface area contributed by atoms with Crippen molar-refractivity contribution < 1.29 is 4.79 Å². The predicted molar refractivity (Wildman–Crippen MR) is 80.2 cm³/mol. The minimum Gasteiger partial charge on any atom is -0.361 e. The fraction of sp³-hybridized carbons (Fsp3) is 0.0625. The van der Waals surface area contributed by atoms with Crippen molar-refractivity contribution in [2.24, 2.45) is 0 Å². The second-order valence-corrected chi connectivity index (χ2v) is 4.57. The minimum atomic E-state index is 0.0210. The van der Waals surface area contributed by atoms with E-state index >= 15 is 0 Å². The Hall–Kier alpha value is -2.06. The Morgan fingerprint density at radius 2 is 1.68 bits per heavy atom. The van der Waals surface area contributed by atoms with E-state index in [1.165, 1.54) is 0 Å². The molecule has 0 aromatic heterocycles. The van der Waals surface area contributed by atoms with E-state index in [9.17, 15) is 4.79 Å². The largest absolute Gasteiger partial charge is 0.361 e. The zero-order valence-electron chi connectivity index (χ0n) is 10.6. The zero-order valence-corrected chi connectivity index (χ0v) is 11.3. The Kier molecular flexibility index (Phi) is 4.37. The van der Waals surface area contributed by atoms with Gasteiger partial charge in [-0.05, 0) is 36.8 Å². The fourth-order valence-electron chi connectivity index (χ4n) is 1.71. The maximum Gasteiger partial charge on any atom is 0.161 e. The van der Waals surface area contributed by atoms with Crippen molar-refractivity contribution in [1.29, 1.82) is 0 Å². The Morgan fingerprint density at radius 1 is 1.05 bits per heavy atom. The number of Topliss-reactive ketones (excluding diaryl/α,β-unsaturated/α-hetero) is 1. The van der Waals surface area contributed by atoms with Crippen LogP contribution in [0, 0.1) is 0 Å². The van der Waals surface area contributed by atoms with Gasteiger partial charge >= 0.3 is 0 Å². The first kappa shape index (κ1) is 13.4. The van der Waals surface area contributed by atoms with Crippen molar-refractivity contribution in [2.75, 3.05) is 5.32 Å². The minimum absolute atomic E-state index is 0.0210. The highest BCUT2D eigenvalue weighted by Crippen LogP contribution is 2.17. The van der Waals surface area contributed by atoms with E-state index in [2.05, 4.69) is 5.32 Å². The zero-order chi connectivity index (χ0) is 13.7. The number of hydrogen-bond acceptors (Lipinski definition) is 2. The summed E-state index contributed by atoms with van der Waals surface area (Å²) in [5, 5.41) is 3.79. The van der Waals surface area contributed by atoms with Crippen LogP contribution in [0.2, 0.25) is 5.02 Å². The van der Waals surface area contributed by atoms with Gasteiger partial charge in [-0.2, -0.15) is 0 Å². The average molecular weight is 272 g/mol. The predicted octanol–water partition coefficient (Wildman–Crippen LogP) is 4.38. The van der Waals surface area contributed by atoms with Crippen molar-refractivity contribution in [3.05, 3.63) is 71.4 Å². The monoisotopic (exact) mass is 271 g/mol. The lowest BCUT2D eigenvalue weighted by Crippen LogP contribution is -1.99. The van der Waals surface area contributed by atoms with E-state index in [1.54, 1.807) is 25.3 Å². The van der Waals surface area contributed by atoms with Crippen LogP contribution in [0.15, 0.2) is 60.8 Å². The molecule has 2 aromatic carbocycles. The van der Waals surface area contributed by atoms with Crippen LogP contribution in [0.4, 0.5) is 5.69 Å². The molecule has 0 radical (unpaired) electrons. The molecule has 0 spiro atoms. The lowest BCUT2D eigenvalue weighted by atomic mass is 10.0. The maximum atomic E-state index is 11.7. The van der Waals surface area contributed by atoms with Crippen molar-refractivity contribution in [3.8, 4) is 0 Å². The summed E-state index contributed by atoms with van der Waals surface area (Å²) < 4.78 is 0. The molecule has 0 unspecified atom stereocenters. The van der Waals surface area contributed by atoms with E-state index in [-0.39, 0.29) is 5.78 Å². The van der Waals surface area contributed by atoms with E-state index < -0.39 is 0 Å². The molecule has 96 valence electrons. The van der Waals surface area contributed by atoms with Crippen LogP contribution < -0.4 is 5.32 Å². The van der Waals surface area contributed by atoms with Crippen molar-refractivity contribution in [1.82, 2.24) is 0 Å². The molecule has 0 heterocycles. The molecule has 0 amide bonds. The third kappa shape index (κ3) is 3.70. The summed E-state index contributed by atoms with van der Waals surface area (Å²) in [7, 11) is 0. The van der Waals surface area contributed by atoms with E-state index in [0.717, 1.165) is 11.3 Å². The Morgan fingerprint density at radius 3 is 2.26 bits per heavy atom. The first-order chi connectivity index (χ1) is 9.16. The highest BCUT2D eigenvalue weighted by atomic mass is 35.5. The van der Waals surface area contributed by atoms with Crippen LogP contribution in [-0.2, 0) is 4.79 Å². The number of allylic oxidation sites excluding steroid dienone is 1. The van der Waals surface area contributed by atoms with E-state index in [0.29, 0.717) is 10.6 Å². The molecule has 3 heteroatoms.